The van der Waals surface area contributed by atoms with Gasteiger partial charge in [-0.2, -0.15) is 0 Å². The lowest BCUT2D eigenvalue weighted by Crippen LogP contribution is -2.05. The van der Waals surface area contributed by atoms with E-state index < -0.39 is 10.9 Å². The van der Waals surface area contributed by atoms with Gasteiger partial charge in [0, 0.05) is 15.7 Å². The van der Waals surface area contributed by atoms with Crippen LogP contribution >= 0.6 is 22.6 Å². The highest BCUT2D eigenvalue weighted by atomic mass is 127. The topological polar surface area (TPSA) is 69.4 Å². The number of ether oxygens (including phenoxy) is 1. The van der Waals surface area contributed by atoms with E-state index in [2.05, 4.69) is 22.6 Å². The number of benzene rings is 2. The van der Waals surface area contributed by atoms with Crippen molar-refractivity contribution >= 4 is 34.2 Å². The zero-order valence-corrected chi connectivity index (χ0v) is 12.4. The van der Waals surface area contributed by atoms with E-state index in [1.165, 1.54) is 12.1 Å². The first-order valence-electron chi connectivity index (χ1n) is 5.72. The lowest BCUT2D eigenvalue weighted by atomic mass is 10.2. The van der Waals surface area contributed by atoms with Crippen LogP contribution in [0.25, 0.3) is 0 Å². The van der Waals surface area contributed by atoms with Crippen LogP contribution < -0.4 is 0 Å². The summed E-state index contributed by atoms with van der Waals surface area (Å²) in [5, 5.41) is 10.6. The molecule has 6 heteroatoms. The number of nitrogens with zero attached hydrogens (tertiary/aromatic N) is 1. The number of hydrogen-bond donors (Lipinski definition) is 0. The Kier molecular flexibility index (Phi) is 4.67. The van der Waals surface area contributed by atoms with E-state index in [9.17, 15) is 14.9 Å². The molecular weight excluding hydrogens is 373 g/mol. The van der Waals surface area contributed by atoms with E-state index >= 15 is 0 Å². The van der Waals surface area contributed by atoms with Crippen LogP contribution in [0.15, 0.2) is 48.5 Å². The van der Waals surface area contributed by atoms with Crippen molar-refractivity contribution in [3.05, 3.63) is 73.3 Å². The van der Waals surface area contributed by atoms with Gasteiger partial charge >= 0.3 is 5.97 Å². The van der Waals surface area contributed by atoms with Crippen molar-refractivity contribution < 1.29 is 14.5 Å². The standard InChI is InChI=1S/C14H10INO4/c15-12-5-2-4-11(8-12)14(17)20-9-10-3-1-6-13(7-10)16(18)19/h1-8H,9H2. The number of halogens is 1. The predicted molar refractivity (Wildman–Crippen MR) is 81.4 cm³/mol. The molecule has 20 heavy (non-hydrogen) atoms. The summed E-state index contributed by atoms with van der Waals surface area (Å²) in [6, 6.07) is 13.0. The Bertz CT molecular complexity index is 657. The highest BCUT2D eigenvalue weighted by molar-refractivity contribution is 14.1. The van der Waals surface area contributed by atoms with Crippen LogP contribution in [-0.4, -0.2) is 10.9 Å². The Morgan fingerprint density at radius 2 is 1.95 bits per heavy atom. The van der Waals surface area contributed by atoms with Gasteiger partial charge in [-0.1, -0.05) is 18.2 Å². The summed E-state index contributed by atoms with van der Waals surface area (Å²) in [5.41, 5.74) is 1.02. The molecule has 0 saturated heterocycles. The molecule has 0 atom stereocenters. The van der Waals surface area contributed by atoms with Gasteiger partial charge in [-0.3, -0.25) is 10.1 Å². The van der Waals surface area contributed by atoms with Gasteiger partial charge in [0.05, 0.1) is 10.5 Å². The van der Waals surface area contributed by atoms with E-state index in [-0.39, 0.29) is 12.3 Å². The average molecular weight is 383 g/mol. The number of carbonyl (C=O) groups excluding carboxylic acids is 1. The Morgan fingerprint density at radius 3 is 2.65 bits per heavy atom. The Labute approximate surface area is 128 Å². The molecule has 0 heterocycles. The Hall–Kier alpha value is -1.96. The van der Waals surface area contributed by atoms with Crippen LogP contribution in [0.5, 0.6) is 0 Å². The SMILES string of the molecule is O=C(OCc1cccc([N+](=O)[O-])c1)c1cccc(I)c1. The maximum Gasteiger partial charge on any atom is 0.338 e. The van der Waals surface area contributed by atoms with E-state index in [4.69, 9.17) is 4.74 Å². The van der Waals surface area contributed by atoms with Gasteiger partial charge in [-0.25, -0.2) is 4.79 Å². The van der Waals surface area contributed by atoms with Crippen LogP contribution in [0.1, 0.15) is 15.9 Å². The minimum Gasteiger partial charge on any atom is -0.457 e. The number of carbonyl (C=O) groups is 1. The molecule has 0 unspecified atom stereocenters. The van der Waals surface area contributed by atoms with E-state index in [1.54, 1.807) is 30.3 Å². The summed E-state index contributed by atoms with van der Waals surface area (Å²) in [6.07, 6.45) is 0. The fraction of sp³-hybridized carbons (Fsp3) is 0.0714. The van der Waals surface area contributed by atoms with Crippen LogP contribution in [0, 0.1) is 13.7 Å². The Balaban J connectivity index is 2.03. The number of nitro groups is 1. The number of non-ortho nitro benzene ring substituents is 1. The van der Waals surface area contributed by atoms with Gasteiger partial charge in [-0.05, 0) is 46.4 Å². The summed E-state index contributed by atoms with van der Waals surface area (Å²) in [7, 11) is 0. The molecule has 0 bridgehead atoms. The molecule has 0 aliphatic rings. The third kappa shape index (κ3) is 3.77. The molecule has 0 saturated carbocycles. The summed E-state index contributed by atoms with van der Waals surface area (Å²) >= 11 is 2.11. The van der Waals surface area contributed by atoms with Crippen molar-refractivity contribution in [1.29, 1.82) is 0 Å². The Morgan fingerprint density at radius 1 is 1.20 bits per heavy atom. The molecule has 102 valence electrons. The molecule has 0 fully saturated rings. The molecule has 0 amide bonds. The quantitative estimate of drug-likeness (QED) is 0.351. The number of hydrogen-bond acceptors (Lipinski definition) is 4. The molecule has 0 aromatic heterocycles. The molecule has 5 nitrogen and oxygen atoms in total. The first-order valence-corrected chi connectivity index (χ1v) is 6.80. The smallest absolute Gasteiger partial charge is 0.338 e. The molecule has 0 radical (unpaired) electrons. The largest absolute Gasteiger partial charge is 0.457 e. The first kappa shape index (κ1) is 14.4. The van der Waals surface area contributed by atoms with E-state index in [1.807, 2.05) is 6.07 Å². The fourth-order valence-corrected chi connectivity index (χ4v) is 2.15. The third-order valence-corrected chi connectivity index (χ3v) is 3.22. The molecule has 0 aliphatic heterocycles. The zero-order chi connectivity index (χ0) is 14.5. The number of rotatable bonds is 4. The van der Waals surface area contributed by atoms with E-state index in [0.717, 1.165) is 3.57 Å². The number of nitro benzene ring substituents is 1. The van der Waals surface area contributed by atoms with Crippen molar-refractivity contribution in [2.75, 3.05) is 0 Å². The normalized spacial score (nSPS) is 10.1. The second-order valence-electron chi connectivity index (χ2n) is 4.01. The monoisotopic (exact) mass is 383 g/mol. The van der Waals surface area contributed by atoms with Gasteiger partial charge in [-0.15, -0.1) is 0 Å². The molecule has 2 rings (SSSR count). The van der Waals surface area contributed by atoms with Crippen molar-refractivity contribution in [2.45, 2.75) is 6.61 Å². The third-order valence-electron chi connectivity index (χ3n) is 2.55. The lowest BCUT2D eigenvalue weighted by molar-refractivity contribution is -0.384. The van der Waals surface area contributed by atoms with Crippen molar-refractivity contribution in [3.63, 3.8) is 0 Å². The molecular formula is C14H10INO4. The van der Waals surface area contributed by atoms with Crippen molar-refractivity contribution in [3.8, 4) is 0 Å². The molecule has 2 aromatic carbocycles. The van der Waals surface area contributed by atoms with Crippen LogP contribution in [-0.2, 0) is 11.3 Å². The predicted octanol–water partition coefficient (Wildman–Crippen LogP) is 3.56. The zero-order valence-electron chi connectivity index (χ0n) is 10.3. The minimum atomic E-state index is -0.481. The maximum atomic E-state index is 11.8. The molecule has 0 spiro atoms. The summed E-state index contributed by atoms with van der Waals surface area (Å²) in [4.78, 5) is 22.0. The molecule has 2 aromatic rings. The van der Waals surface area contributed by atoms with Crippen LogP contribution in [0.2, 0.25) is 0 Å². The summed E-state index contributed by atoms with van der Waals surface area (Å²) < 4.78 is 6.08. The molecule has 0 N–H and O–H groups in total. The van der Waals surface area contributed by atoms with Gasteiger partial charge in [0.1, 0.15) is 6.61 Å². The highest BCUT2D eigenvalue weighted by Crippen LogP contribution is 2.15. The first-order chi connectivity index (χ1) is 9.56. The van der Waals surface area contributed by atoms with Crippen LogP contribution in [0.4, 0.5) is 5.69 Å². The van der Waals surface area contributed by atoms with Gasteiger partial charge in [0.15, 0.2) is 0 Å². The fourth-order valence-electron chi connectivity index (χ4n) is 1.61. The van der Waals surface area contributed by atoms with Crippen molar-refractivity contribution in [1.82, 2.24) is 0 Å². The van der Waals surface area contributed by atoms with Crippen LogP contribution in [0.3, 0.4) is 0 Å². The lowest BCUT2D eigenvalue weighted by Gasteiger charge is -2.05. The second-order valence-corrected chi connectivity index (χ2v) is 5.26. The number of esters is 1. The van der Waals surface area contributed by atoms with Gasteiger partial charge < -0.3 is 4.74 Å². The molecule has 0 aliphatic carbocycles. The van der Waals surface area contributed by atoms with Crippen molar-refractivity contribution in [2.24, 2.45) is 0 Å². The maximum absolute atomic E-state index is 11.8. The minimum absolute atomic E-state index is 0.00594. The van der Waals surface area contributed by atoms with E-state index in [0.29, 0.717) is 11.1 Å². The summed E-state index contributed by atoms with van der Waals surface area (Å²) in [6.45, 7) is 0.00594. The van der Waals surface area contributed by atoms with Gasteiger partial charge in [0.2, 0.25) is 0 Å². The summed E-state index contributed by atoms with van der Waals surface area (Å²) in [5.74, 6) is -0.449. The average Bonchev–Trinajstić information content (AvgIpc) is 2.45. The second kappa shape index (κ2) is 6.47. The highest BCUT2D eigenvalue weighted by Gasteiger charge is 2.10. The van der Waals surface area contributed by atoms with Gasteiger partial charge in [0.25, 0.3) is 5.69 Å².